The van der Waals surface area contributed by atoms with Gasteiger partial charge in [0.15, 0.2) is 17.8 Å². The van der Waals surface area contributed by atoms with Crippen molar-refractivity contribution < 1.29 is 56.3 Å². The van der Waals surface area contributed by atoms with Crippen molar-refractivity contribution >= 4 is 22.2 Å². The highest BCUT2D eigenvalue weighted by molar-refractivity contribution is 7.89. The van der Waals surface area contributed by atoms with Gasteiger partial charge in [0.1, 0.15) is 24.1 Å². The van der Waals surface area contributed by atoms with Gasteiger partial charge in [0.05, 0.1) is 42.7 Å². The second kappa shape index (κ2) is 16.7. The Bertz CT molecular complexity index is 1600. The number of rotatable bonds is 15. The largest absolute Gasteiger partial charge is 0.492 e. The van der Waals surface area contributed by atoms with E-state index in [0.29, 0.717) is 30.3 Å². The minimum atomic E-state index is -4.09. The molecule has 0 saturated carbocycles. The molecule has 282 valence electrons. The van der Waals surface area contributed by atoms with E-state index in [9.17, 15) is 23.1 Å². The number of benzene rings is 2. The Balaban J connectivity index is 1.27. The van der Waals surface area contributed by atoms with Crippen molar-refractivity contribution in [1.29, 1.82) is 0 Å². The van der Waals surface area contributed by atoms with Gasteiger partial charge in [0.2, 0.25) is 16.8 Å². The van der Waals surface area contributed by atoms with Crippen LogP contribution in [-0.2, 0) is 35.4 Å². The van der Waals surface area contributed by atoms with Gasteiger partial charge >= 0.3 is 12.2 Å². The van der Waals surface area contributed by atoms with E-state index in [2.05, 4.69) is 10.6 Å². The number of hydrogen-bond acceptors (Lipinski definition) is 12. The first kappa shape index (κ1) is 38.4. The summed E-state index contributed by atoms with van der Waals surface area (Å²) in [5.41, 5.74) is 0.131. The average molecular weight is 736 g/mol. The molecule has 0 radical (unpaired) electrons. The first-order chi connectivity index (χ1) is 24.2. The molecule has 16 heteroatoms. The molecule has 0 aromatic heterocycles. The topological polar surface area (TPSA) is 180 Å². The minimum absolute atomic E-state index is 0.00345. The highest BCUT2D eigenvalue weighted by Gasteiger charge is 2.44. The predicted molar refractivity (Wildman–Crippen MR) is 183 cm³/mol. The van der Waals surface area contributed by atoms with E-state index < -0.39 is 52.4 Å². The van der Waals surface area contributed by atoms with E-state index in [0.717, 1.165) is 5.56 Å². The third-order valence-corrected chi connectivity index (χ3v) is 10.2. The highest BCUT2D eigenvalue weighted by atomic mass is 32.2. The fourth-order valence-electron chi connectivity index (χ4n) is 5.97. The van der Waals surface area contributed by atoms with Gasteiger partial charge in [-0.3, -0.25) is 0 Å². The van der Waals surface area contributed by atoms with Crippen LogP contribution in [0.4, 0.5) is 9.59 Å². The molecule has 2 aromatic carbocycles. The van der Waals surface area contributed by atoms with Crippen LogP contribution < -0.4 is 24.8 Å². The number of ether oxygens (including phenoxy) is 7. The summed E-state index contributed by atoms with van der Waals surface area (Å²) >= 11 is 0. The zero-order chi connectivity index (χ0) is 36.8. The SMILES string of the molecule is CC(C)CN(C[C@@H](O)[C@H](Cc1ccc(OCCNC(=O)OC(C)(C)C)cc1)NC(=O)OC1COC2OCCC12)S(=O)(=O)c1ccc2c(c1)OCO2. The summed E-state index contributed by atoms with van der Waals surface area (Å²) in [5.74, 6) is 1.15. The molecule has 5 rings (SSSR count). The van der Waals surface area contributed by atoms with Gasteiger partial charge in [-0.05, 0) is 69.4 Å². The second-order valence-corrected chi connectivity index (χ2v) is 16.1. The molecule has 3 aliphatic heterocycles. The molecule has 2 amide bonds. The lowest BCUT2D eigenvalue weighted by Gasteiger charge is -2.31. The molecule has 51 heavy (non-hydrogen) atoms. The second-order valence-electron chi connectivity index (χ2n) is 14.1. The summed E-state index contributed by atoms with van der Waals surface area (Å²) in [6, 6.07) is 10.5. The standard InChI is InChI=1S/C35H49N3O12S/c1-22(2)18-38(51(42,43)25-10-11-29-30(17-25)48-21-47-29)19-28(39)27(37-34(41)49-31-20-46-32-26(31)12-14-45-32)16-23-6-8-24(9-7-23)44-15-13-36-33(40)50-35(3,4)5/h6-11,17,22,26-28,31-32,39H,12-16,18-21H2,1-5H3,(H,36,40)(H,37,41)/t26?,27-,28+,31?,32?/m0/s1. The van der Waals surface area contributed by atoms with Gasteiger partial charge in [-0.25, -0.2) is 18.0 Å². The van der Waals surface area contributed by atoms with Crippen molar-refractivity contribution in [3.63, 3.8) is 0 Å². The normalized spacial score (nSPS) is 20.9. The van der Waals surface area contributed by atoms with E-state index >= 15 is 0 Å². The van der Waals surface area contributed by atoms with Gasteiger partial charge in [0.25, 0.3) is 0 Å². The molecule has 3 heterocycles. The Morgan fingerprint density at radius 1 is 1.02 bits per heavy atom. The van der Waals surface area contributed by atoms with Crippen LogP contribution >= 0.6 is 0 Å². The number of nitrogens with one attached hydrogen (secondary N) is 2. The van der Waals surface area contributed by atoms with E-state index in [1.807, 2.05) is 13.8 Å². The fraction of sp³-hybridized carbons (Fsp3) is 0.600. The van der Waals surface area contributed by atoms with Crippen LogP contribution in [-0.4, -0.2) is 106 Å². The predicted octanol–water partition coefficient (Wildman–Crippen LogP) is 3.43. The Kier molecular flexibility index (Phi) is 12.6. The van der Waals surface area contributed by atoms with Gasteiger partial charge < -0.3 is 48.9 Å². The lowest BCUT2D eigenvalue weighted by molar-refractivity contribution is -0.0907. The monoisotopic (exact) mass is 735 g/mol. The minimum Gasteiger partial charge on any atom is -0.492 e. The summed E-state index contributed by atoms with van der Waals surface area (Å²) in [6.45, 7) is 10.0. The molecule has 2 fully saturated rings. The number of aliphatic hydroxyl groups is 1. The van der Waals surface area contributed by atoms with Gasteiger partial charge in [-0.15, -0.1) is 0 Å². The molecule has 3 unspecified atom stereocenters. The number of carbonyl (C=O) groups is 2. The van der Waals surface area contributed by atoms with Crippen LogP contribution in [0.25, 0.3) is 0 Å². The number of carbonyl (C=O) groups excluding carboxylic acids is 2. The Morgan fingerprint density at radius 2 is 1.76 bits per heavy atom. The van der Waals surface area contributed by atoms with Crippen LogP contribution in [0, 0.1) is 11.8 Å². The molecule has 0 bridgehead atoms. The molecule has 3 N–H and O–H groups in total. The molecule has 0 aliphatic carbocycles. The van der Waals surface area contributed by atoms with Crippen molar-refractivity contribution in [2.75, 3.05) is 46.2 Å². The fourth-order valence-corrected chi connectivity index (χ4v) is 7.60. The van der Waals surface area contributed by atoms with Crippen molar-refractivity contribution in [2.45, 2.75) is 82.5 Å². The van der Waals surface area contributed by atoms with Crippen molar-refractivity contribution in [2.24, 2.45) is 11.8 Å². The van der Waals surface area contributed by atoms with E-state index in [1.54, 1.807) is 45.0 Å². The zero-order valence-corrected chi connectivity index (χ0v) is 30.5. The van der Waals surface area contributed by atoms with Crippen LogP contribution in [0.15, 0.2) is 47.4 Å². The summed E-state index contributed by atoms with van der Waals surface area (Å²) < 4.78 is 67.6. The number of aliphatic hydroxyl groups excluding tert-OH is 1. The van der Waals surface area contributed by atoms with Crippen LogP contribution in [0.2, 0.25) is 0 Å². The van der Waals surface area contributed by atoms with Crippen molar-refractivity contribution in [3.8, 4) is 17.2 Å². The maximum absolute atomic E-state index is 13.9. The molecular weight excluding hydrogens is 686 g/mol. The molecule has 0 spiro atoms. The molecule has 15 nitrogen and oxygen atoms in total. The van der Waals surface area contributed by atoms with Crippen molar-refractivity contribution in [1.82, 2.24) is 14.9 Å². The number of amides is 2. The van der Waals surface area contributed by atoms with E-state index in [4.69, 9.17) is 33.2 Å². The average Bonchev–Trinajstić information content (AvgIpc) is 3.81. The third-order valence-electron chi connectivity index (χ3n) is 8.37. The third kappa shape index (κ3) is 10.6. The maximum atomic E-state index is 13.9. The first-order valence-electron chi connectivity index (χ1n) is 17.1. The highest BCUT2D eigenvalue weighted by Crippen LogP contribution is 2.35. The summed E-state index contributed by atoms with van der Waals surface area (Å²) in [4.78, 5) is 25.1. The molecule has 2 aromatic rings. The smallest absolute Gasteiger partial charge is 0.407 e. The van der Waals surface area contributed by atoms with Crippen LogP contribution in [0.1, 0.15) is 46.6 Å². The van der Waals surface area contributed by atoms with Crippen LogP contribution in [0.5, 0.6) is 17.2 Å². The Labute approximate surface area is 298 Å². The number of alkyl carbamates (subject to hydrolysis) is 2. The quantitative estimate of drug-likeness (QED) is 0.227. The summed E-state index contributed by atoms with van der Waals surface area (Å²) in [6.07, 6.45) is -2.72. The number of sulfonamides is 1. The lowest BCUT2D eigenvalue weighted by Crippen LogP contribution is -2.51. The van der Waals surface area contributed by atoms with Crippen LogP contribution in [0.3, 0.4) is 0 Å². The Hall–Kier alpha value is -3.83. The lowest BCUT2D eigenvalue weighted by atomic mass is 10.0. The van der Waals surface area contributed by atoms with Gasteiger partial charge in [0, 0.05) is 19.2 Å². The van der Waals surface area contributed by atoms with Gasteiger partial charge in [-0.1, -0.05) is 26.0 Å². The van der Waals surface area contributed by atoms with E-state index in [1.165, 1.54) is 22.5 Å². The number of nitrogens with zero attached hydrogens (tertiary/aromatic N) is 1. The number of fused-ring (bicyclic) bond motifs is 2. The van der Waals surface area contributed by atoms with Crippen molar-refractivity contribution in [3.05, 3.63) is 48.0 Å². The molecule has 5 atom stereocenters. The molecule has 3 aliphatic rings. The molecule has 2 saturated heterocycles. The summed E-state index contributed by atoms with van der Waals surface area (Å²) in [7, 11) is -4.09. The first-order valence-corrected chi connectivity index (χ1v) is 18.6. The Morgan fingerprint density at radius 3 is 2.49 bits per heavy atom. The molecular formula is C35H49N3O12S. The van der Waals surface area contributed by atoms with E-state index in [-0.39, 0.29) is 62.8 Å². The number of hydrogen-bond donors (Lipinski definition) is 3. The summed E-state index contributed by atoms with van der Waals surface area (Å²) in [5, 5.41) is 17.1. The zero-order valence-electron chi connectivity index (χ0n) is 29.7. The van der Waals surface area contributed by atoms with Gasteiger partial charge in [-0.2, -0.15) is 4.31 Å². The maximum Gasteiger partial charge on any atom is 0.407 e.